The van der Waals surface area contributed by atoms with Crippen LogP contribution in [0.1, 0.15) is 37.7 Å². The molecule has 0 radical (unpaired) electrons. The average Bonchev–Trinajstić information content (AvgIpc) is 3.29. The van der Waals surface area contributed by atoms with Gasteiger partial charge in [0, 0.05) is 36.1 Å². The molecular formula is C21H25N5OS. The molecule has 0 bridgehead atoms. The third-order valence-electron chi connectivity index (χ3n) is 5.26. The van der Waals surface area contributed by atoms with Crippen LogP contribution in [0.25, 0.3) is 0 Å². The molecule has 0 aromatic heterocycles. The van der Waals surface area contributed by atoms with Gasteiger partial charge < -0.3 is 16.0 Å². The van der Waals surface area contributed by atoms with Crippen LogP contribution in [0.15, 0.2) is 58.4 Å². The van der Waals surface area contributed by atoms with Gasteiger partial charge in [0.05, 0.1) is 0 Å². The lowest BCUT2D eigenvalue weighted by molar-refractivity contribution is -0.114. The van der Waals surface area contributed by atoms with Gasteiger partial charge in [-0.15, -0.1) is 0 Å². The molecule has 0 spiro atoms. The number of thioether (sulfide) groups is 1. The Bertz CT molecular complexity index is 900. The maximum absolute atomic E-state index is 12.5. The maximum atomic E-state index is 12.5. The van der Waals surface area contributed by atoms with Gasteiger partial charge in [0.25, 0.3) is 5.91 Å². The van der Waals surface area contributed by atoms with E-state index < -0.39 is 0 Å². The summed E-state index contributed by atoms with van der Waals surface area (Å²) in [6.07, 6.45) is 4.54. The van der Waals surface area contributed by atoms with E-state index in [1.54, 1.807) is 0 Å². The van der Waals surface area contributed by atoms with Gasteiger partial charge in [-0.1, -0.05) is 24.8 Å². The van der Waals surface area contributed by atoms with Gasteiger partial charge in [-0.05, 0) is 56.1 Å². The van der Waals surface area contributed by atoms with Crippen LogP contribution in [0.3, 0.4) is 0 Å². The molecule has 4 rings (SSSR count). The van der Waals surface area contributed by atoms with Gasteiger partial charge in [0.15, 0.2) is 5.04 Å². The number of hydrogen-bond donors (Lipinski definition) is 2. The minimum absolute atomic E-state index is 0.116. The Morgan fingerprint density at radius 1 is 1.46 bits per heavy atom. The number of aliphatic imine (C=N–C) groups is 2. The number of anilines is 1. The summed E-state index contributed by atoms with van der Waals surface area (Å²) >= 11 is 1.31. The molecule has 1 aromatic rings. The summed E-state index contributed by atoms with van der Waals surface area (Å²) in [5, 5.41) is 4.17. The lowest BCUT2D eigenvalue weighted by Gasteiger charge is -2.22. The summed E-state index contributed by atoms with van der Waals surface area (Å²) in [5.41, 5.74) is 10.1. The number of nitrogens with two attached hydrogens (primary N) is 1. The molecule has 1 amide bonds. The predicted molar refractivity (Wildman–Crippen MR) is 117 cm³/mol. The first-order valence-corrected chi connectivity index (χ1v) is 10.5. The number of nitrogens with one attached hydrogen (secondary N) is 1. The molecule has 1 atom stereocenters. The van der Waals surface area contributed by atoms with Crippen molar-refractivity contribution in [2.45, 2.75) is 38.1 Å². The molecule has 3 aliphatic rings. The number of carbonyl (C=O) groups is 1. The van der Waals surface area contributed by atoms with Gasteiger partial charge in [-0.2, -0.15) is 0 Å². The molecule has 1 saturated carbocycles. The fourth-order valence-corrected chi connectivity index (χ4v) is 4.57. The molecule has 6 nitrogen and oxygen atoms in total. The van der Waals surface area contributed by atoms with Crippen LogP contribution < -0.4 is 16.0 Å². The lowest BCUT2D eigenvalue weighted by Crippen LogP contribution is -2.30. The summed E-state index contributed by atoms with van der Waals surface area (Å²) in [5.74, 6) is 0.280. The monoisotopic (exact) mass is 395 g/mol. The Balaban J connectivity index is 1.69. The third-order valence-corrected chi connectivity index (χ3v) is 6.22. The second kappa shape index (κ2) is 7.93. The first-order chi connectivity index (χ1) is 13.6. The summed E-state index contributed by atoms with van der Waals surface area (Å²) in [6.45, 7) is 7.27. The maximum Gasteiger partial charge on any atom is 0.277 e. The smallest absolute Gasteiger partial charge is 0.277 e. The van der Waals surface area contributed by atoms with Gasteiger partial charge in [0.2, 0.25) is 0 Å². The van der Waals surface area contributed by atoms with Crippen molar-refractivity contribution in [1.82, 2.24) is 5.32 Å². The van der Waals surface area contributed by atoms with E-state index in [1.807, 2.05) is 6.92 Å². The van der Waals surface area contributed by atoms with Crippen molar-refractivity contribution >= 4 is 33.4 Å². The van der Waals surface area contributed by atoms with Crippen LogP contribution in [0, 0.1) is 0 Å². The van der Waals surface area contributed by atoms with Crippen LogP contribution >= 0.6 is 11.8 Å². The van der Waals surface area contributed by atoms with Gasteiger partial charge in [-0.25, -0.2) is 9.98 Å². The first kappa shape index (κ1) is 19.0. The SMILES string of the molecule is C=CN=C1SC(C(=O)NC2CC2)=N/C1=C(/C)N1CC(CCN)c2ccccc21. The van der Waals surface area contributed by atoms with Gasteiger partial charge in [0.1, 0.15) is 10.7 Å². The minimum atomic E-state index is -0.116. The minimum Gasteiger partial charge on any atom is -0.347 e. The van der Waals surface area contributed by atoms with E-state index in [1.165, 1.54) is 29.2 Å². The molecule has 1 aromatic carbocycles. The molecule has 3 N–H and O–H groups in total. The third kappa shape index (κ3) is 3.64. The highest BCUT2D eigenvalue weighted by atomic mass is 32.2. The Kier molecular flexibility index (Phi) is 5.37. The quantitative estimate of drug-likeness (QED) is 0.775. The molecule has 1 fully saturated rings. The predicted octanol–water partition coefficient (Wildman–Crippen LogP) is 3.14. The lowest BCUT2D eigenvalue weighted by atomic mass is 9.98. The second-order valence-corrected chi connectivity index (χ2v) is 8.24. The zero-order chi connectivity index (χ0) is 19.7. The summed E-state index contributed by atoms with van der Waals surface area (Å²) in [7, 11) is 0. The number of rotatable bonds is 6. The van der Waals surface area contributed by atoms with E-state index in [9.17, 15) is 4.79 Å². The first-order valence-electron chi connectivity index (χ1n) is 9.66. The molecular weight excluding hydrogens is 370 g/mol. The van der Waals surface area contributed by atoms with Crippen LogP contribution in [0.4, 0.5) is 5.69 Å². The molecule has 1 unspecified atom stereocenters. The van der Waals surface area contributed by atoms with Crippen molar-refractivity contribution in [3.63, 3.8) is 0 Å². The Morgan fingerprint density at radius 2 is 2.25 bits per heavy atom. The van der Waals surface area contributed by atoms with Gasteiger partial charge >= 0.3 is 0 Å². The number of benzene rings is 1. The number of hydrogen-bond acceptors (Lipinski definition) is 6. The average molecular weight is 396 g/mol. The molecule has 7 heteroatoms. The van der Waals surface area contributed by atoms with E-state index in [2.05, 4.69) is 51.0 Å². The second-order valence-electron chi connectivity index (χ2n) is 7.26. The Labute approximate surface area is 169 Å². The van der Waals surface area contributed by atoms with Crippen LogP contribution in [-0.4, -0.2) is 35.1 Å². The summed E-state index contributed by atoms with van der Waals surface area (Å²) in [4.78, 5) is 23.8. The van der Waals surface area contributed by atoms with E-state index in [0.29, 0.717) is 28.6 Å². The highest BCUT2D eigenvalue weighted by Gasteiger charge is 2.34. The Hall–Kier alpha value is -2.38. The van der Waals surface area contributed by atoms with E-state index in [4.69, 9.17) is 5.73 Å². The van der Waals surface area contributed by atoms with E-state index in [-0.39, 0.29) is 5.91 Å². The zero-order valence-electron chi connectivity index (χ0n) is 16.0. The van der Waals surface area contributed by atoms with Crippen molar-refractivity contribution in [3.05, 3.63) is 54.0 Å². The molecule has 2 heterocycles. The fraction of sp³-hybridized carbons (Fsp3) is 0.381. The zero-order valence-corrected chi connectivity index (χ0v) is 16.8. The number of nitrogens with zero attached hydrogens (tertiary/aromatic N) is 3. The molecule has 28 heavy (non-hydrogen) atoms. The molecule has 0 saturated heterocycles. The number of amides is 1. The summed E-state index contributed by atoms with van der Waals surface area (Å²) in [6, 6.07) is 8.73. The normalized spacial score (nSPS) is 24.2. The number of allylic oxidation sites excluding steroid dienone is 1. The van der Waals surface area contributed by atoms with Crippen molar-refractivity contribution in [2.24, 2.45) is 15.7 Å². The number of para-hydroxylation sites is 1. The molecule has 146 valence electrons. The highest BCUT2D eigenvalue weighted by molar-refractivity contribution is 8.29. The van der Waals surface area contributed by atoms with Crippen molar-refractivity contribution in [1.29, 1.82) is 0 Å². The molecule has 2 aliphatic heterocycles. The van der Waals surface area contributed by atoms with E-state index >= 15 is 0 Å². The van der Waals surface area contributed by atoms with Crippen molar-refractivity contribution in [3.8, 4) is 0 Å². The van der Waals surface area contributed by atoms with Crippen LogP contribution in [0.2, 0.25) is 0 Å². The van der Waals surface area contributed by atoms with E-state index in [0.717, 1.165) is 37.2 Å². The van der Waals surface area contributed by atoms with Crippen molar-refractivity contribution < 1.29 is 4.79 Å². The van der Waals surface area contributed by atoms with Gasteiger partial charge in [-0.3, -0.25) is 4.79 Å². The number of carbonyl (C=O) groups excluding carboxylic acids is 1. The van der Waals surface area contributed by atoms with Crippen LogP contribution in [0.5, 0.6) is 0 Å². The molecule has 1 aliphatic carbocycles. The fourth-order valence-electron chi connectivity index (χ4n) is 3.68. The van der Waals surface area contributed by atoms with Crippen LogP contribution in [-0.2, 0) is 4.79 Å². The van der Waals surface area contributed by atoms with Crippen molar-refractivity contribution in [2.75, 3.05) is 18.0 Å². The summed E-state index contributed by atoms with van der Waals surface area (Å²) < 4.78 is 0. The standard InChI is InChI=1S/C21H25N5OS/c1-3-23-20-18(25-21(28-20)19(27)24-15-8-9-15)13(2)26-12-14(10-11-22)16-6-4-5-7-17(16)26/h3-7,14-15H,1,8-12,22H2,2H3,(H,24,27)/b18-13-,23-20?. The topological polar surface area (TPSA) is 83.1 Å². The Morgan fingerprint density at radius 3 is 2.96 bits per heavy atom. The largest absolute Gasteiger partial charge is 0.347 e. The number of fused-ring (bicyclic) bond motifs is 1. The highest BCUT2D eigenvalue weighted by Crippen LogP contribution is 2.41.